The number of phenolic OH excluding ortho intramolecular Hbond substituents is 1. The maximum atomic E-state index is 10.6. The van der Waals surface area contributed by atoms with Crippen LogP contribution in [0.5, 0.6) is 5.75 Å². The lowest BCUT2D eigenvalue weighted by Gasteiger charge is -2.13. The van der Waals surface area contributed by atoms with E-state index in [9.17, 15) is 5.11 Å². The van der Waals surface area contributed by atoms with Gasteiger partial charge in [-0.1, -0.05) is 97.1 Å². The van der Waals surface area contributed by atoms with Gasteiger partial charge in [0.05, 0.1) is 0 Å². The summed E-state index contributed by atoms with van der Waals surface area (Å²) in [4.78, 5) is 0. The predicted molar refractivity (Wildman–Crippen MR) is 108 cm³/mol. The Balaban J connectivity index is 1.78. The van der Waals surface area contributed by atoms with Gasteiger partial charge in [0.2, 0.25) is 0 Å². The van der Waals surface area contributed by atoms with Crippen molar-refractivity contribution < 1.29 is 5.11 Å². The van der Waals surface area contributed by atoms with Crippen LogP contribution < -0.4 is 0 Å². The van der Waals surface area contributed by atoms with E-state index in [4.69, 9.17) is 0 Å². The average Bonchev–Trinajstić information content (AvgIpc) is 2.69. The van der Waals surface area contributed by atoms with Crippen LogP contribution in [0.1, 0.15) is 11.1 Å². The van der Waals surface area contributed by atoms with E-state index in [1.165, 1.54) is 11.1 Å². The van der Waals surface area contributed by atoms with E-state index in [2.05, 4.69) is 66.7 Å². The van der Waals surface area contributed by atoms with Crippen LogP contribution >= 0.6 is 0 Å². The fourth-order valence-electron chi connectivity index (χ4n) is 3.37. The van der Waals surface area contributed by atoms with Gasteiger partial charge in [-0.15, -0.1) is 0 Å². The minimum absolute atomic E-state index is 0.309. The van der Waals surface area contributed by atoms with Crippen molar-refractivity contribution in [3.8, 4) is 28.0 Å². The molecule has 0 unspecified atom stereocenters. The molecule has 0 radical (unpaired) electrons. The molecule has 4 aromatic carbocycles. The third-order valence-electron chi connectivity index (χ3n) is 4.59. The summed E-state index contributed by atoms with van der Waals surface area (Å²) >= 11 is 0. The molecule has 26 heavy (non-hydrogen) atoms. The first kappa shape index (κ1) is 16.2. The second kappa shape index (κ2) is 7.28. The highest BCUT2D eigenvalue weighted by molar-refractivity contribution is 5.87. The Morgan fingerprint density at radius 2 is 1.15 bits per heavy atom. The smallest absolute Gasteiger partial charge is 0.124 e. The molecule has 0 aromatic heterocycles. The van der Waals surface area contributed by atoms with Crippen LogP contribution in [-0.2, 0) is 6.42 Å². The van der Waals surface area contributed by atoms with Crippen LogP contribution in [0, 0.1) is 0 Å². The summed E-state index contributed by atoms with van der Waals surface area (Å²) in [7, 11) is 0. The average molecular weight is 336 g/mol. The minimum atomic E-state index is 0.309. The Kier molecular flexibility index (Phi) is 4.53. The fourth-order valence-corrected chi connectivity index (χ4v) is 3.37. The molecule has 0 saturated heterocycles. The highest BCUT2D eigenvalue weighted by atomic mass is 16.3. The Morgan fingerprint density at radius 1 is 0.538 bits per heavy atom. The largest absolute Gasteiger partial charge is 0.507 e. The molecular weight excluding hydrogens is 316 g/mol. The molecule has 0 atom stereocenters. The van der Waals surface area contributed by atoms with Crippen LogP contribution in [0.3, 0.4) is 0 Å². The molecule has 0 spiro atoms. The number of hydrogen-bond donors (Lipinski definition) is 1. The molecule has 1 nitrogen and oxygen atoms in total. The van der Waals surface area contributed by atoms with Crippen LogP contribution in [0.4, 0.5) is 0 Å². The van der Waals surface area contributed by atoms with Gasteiger partial charge in [-0.3, -0.25) is 0 Å². The highest BCUT2D eigenvalue weighted by Crippen LogP contribution is 2.38. The molecule has 0 aliphatic carbocycles. The summed E-state index contributed by atoms with van der Waals surface area (Å²) in [5, 5.41) is 10.6. The second-order valence-corrected chi connectivity index (χ2v) is 6.43. The van der Waals surface area contributed by atoms with Gasteiger partial charge in [0, 0.05) is 5.56 Å². The Bertz CT molecular complexity index is 1000. The van der Waals surface area contributed by atoms with Gasteiger partial charge in [-0.05, 0) is 40.3 Å². The summed E-state index contributed by atoms with van der Waals surface area (Å²) in [5.41, 5.74) is 6.58. The van der Waals surface area contributed by atoms with Gasteiger partial charge in [-0.25, -0.2) is 0 Å². The van der Waals surface area contributed by atoms with Crippen molar-refractivity contribution in [2.75, 3.05) is 0 Å². The van der Waals surface area contributed by atoms with E-state index < -0.39 is 0 Å². The molecule has 0 saturated carbocycles. The van der Waals surface area contributed by atoms with Crippen LogP contribution in [-0.4, -0.2) is 5.11 Å². The Hall–Kier alpha value is -3.32. The summed E-state index contributed by atoms with van der Waals surface area (Å²) in [5.74, 6) is 0.309. The van der Waals surface area contributed by atoms with Crippen molar-refractivity contribution in [3.63, 3.8) is 0 Å². The zero-order valence-corrected chi connectivity index (χ0v) is 14.5. The SMILES string of the molecule is Oc1cccc(-c2ccccc2)c1-c1cccc(Cc2ccccc2)c1. The molecule has 0 aliphatic heterocycles. The van der Waals surface area contributed by atoms with Gasteiger partial charge >= 0.3 is 0 Å². The Labute approximate surface area is 154 Å². The molecule has 4 rings (SSSR count). The van der Waals surface area contributed by atoms with Crippen LogP contribution in [0.25, 0.3) is 22.3 Å². The van der Waals surface area contributed by atoms with Gasteiger partial charge in [-0.2, -0.15) is 0 Å². The zero-order chi connectivity index (χ0) is 17.8. The van der Waals surface area contributed by atoms with E-state index in [0.717, 1.165) is 28.7 Å². The molecule has 4 aromatic rings. The predicted octanol–water partition coefficient (Wildman–Crippen LogP) is 6.32. The normalized spacial score (nSPS) is 10.6. The van der Waals surface area contributed by atoms with Gasteiger partial charge < -0.3 is 5.11 Å². The molecule has 0 heterocycles. The van der Waals surface area contributed by atoms with Gasteiger partial charge in [0.15, 0.2) is 0 Å². The lowest BCUT2D eigenvalue weighted by atomic mass is 9.92. The van der Waals surface area contributed by atoms with Crippen molar-refractivity contribution in [1.82, 2.24) is 0 Å². The molecular formula is C25H20O. The third-order valence-corrected chi connectivity index (χ3v) is 4.59. The zero-order valence-electron chi connectivity index (χ0n) is 14.5. The highest BCUT2D eigenvalue weighted by Gasteiger charge is 2.12. The number of phenols is 1. The van der Waals surface area contributed by atoms with E-state index in [-0.39, 0.29) is 0 Å². The Morgan fingerprint density at radius 3 is 1.92 bits per heavy atom. The van der Waals surface area contributed by atoms with Gasteiger partial charge in [0.1, 0.15) is 5.75 Å². The quantitative estimate of drug-likeness (QED) is 0.462. The van der Waals surface area contributed by atoms with E-state index in [1.54, 1.807) is 6.07 Å². The number of hydrogen-bond acceptors (Lipinski definition) is 1. The number of aromatic hydroxyl groups is 1. The summed E-state index contributed by atoms with van der Waals surface area (Å²) < 4.78 is 0. The summed E-state index contributed by atoms with van der Waals surface area (Å²) in [6.45, 7) is 0. The van der Waals surface area contributed by atoms with Gasteiger partial charge in [0.25, 0.3) is 0 Å². The maximum absolute atomic E-state index is 10.6. The first-order chi connectivity index (χ1) is 12.8. The molecule has 1 N–H and O–H groups in total. The van der Waals surface area contributed by atoms with E-state index in [0.29, 0.717) is 5.75 Å². The van der Waals surface area contributed by atoms with E-state index >= 15 is 0 Å². The van der Waals surface area contributed by atoms with Crippen molar-refractivity contribution in [1.29, 1.82) is 0 Å². The number of rotatable bonds is 4. The molecule has 1 heteroatoms. The standard InChI is InChI=1S/C25H20O/c26-24-16-8-15-23(21-12-5-2-6-13-21)25(24)22-14-7-11-20(18-22)17-19-9-3-1-4-10-19/h1-16,18,26H,17H2. The van der Waals surface area contributed by atoms with E-state index in [1.807, 2.05) is 30.3 Å². The molecule has 126 valence electrons. The van der Waals surface area contributed by atoms with Crippen molar-refractivity contribution in [2.24, 2.45) is 0 Å². The molecule has 0 fully saturated rings. The second-order valence-electron chi connectivity index (χ2n) is 6.43. The molecule has 0 bridgehead atoms. The lowest BCUT2D eigenvalue weighted by Crippen LogP contribution is -1.90. The maximum Gasteiger partial charge on any atom is 0.124 e. The van der Waals surface area contributed by atoms with Crippen LogP contribution in [0.2, 0.25) is 0 Å². The summed E-state index contributed by atoms with van der Waals surface area (Å²) in [6, 6.07) is 34.8. The molecule has 0 aliphatic rings. The van der Waals surface area contributed by atoms with Crippen molar-refractivity contribution in [2.45, 2.75) is 6.42 Å². The third kappa shape index (κ3) is 3.38. The summed E-state index contributed by atoms with van der Waals surface area (Å²) in [6.07, 6.45) is 0.878. The lowest BCUT2D eigenvalue weighted by molar-refractivity contribution is 0.477. The first-order valence-corrected chi connectivity index (χ1v) is 8.82. The minimum Gasteiger partial charge on any atom is -0.507 e. The van der Waals surface area contributed by atoms with Crippen molar-refractivity contribution in [3.05, 3.63) is 114 Å². The van der Waals surface area contributed by atoms with Crippen LogP contribution in [0.15, 0.2) is 103 Å². The monoisotopic (exact) mass is 336 g/mol. The van der Waals surface area contributed by atoms with Crippen molar-refractivity contribution >= 4 is 0 Å². The topological polar surface area (TPSA) is 20.2 Å². The fraction of sp³-hybridized carbons (Fsp3) is 0.0400. The number of benzene rings is 4. The molecule has 0 amide bonds. The first-order valence-electron chi connectivity index (χ1n) is 8.82.